The summed E-state index contributed by atoms with van der Waals surface area (Å²) in [5.41, 5.74) is 2.14. The van der Waals surface area contributed by atoms with Gasteiger partial charge in [-0.3, -0.25) is 4.79 Å². The second-order valence-corrected chi connectivity index (χ2v) is 6.70. The van der Waals surface area contributed by atoms with Crippen LogP contribution < -0.4 is 5.32 Å². The number of nitrogens with one attached hydrogen (secondary N) is 1. The third-order valence-corrected chi connectivity index (χ3v) is 4.59. The molecule has 2 heterocycles. The van der Waals surface area contributed by atoms with E-state index in [1.165, 1.54) is 35.6 Å². The van der Waals surface area contributed by atoms with E-state index < -0.39 is 0 Å². The predicted molar refractivity (Wildman–Crippen MR) is 84.8 cm³/mol. The molecule has 1 aromatic carbocycles. The van der Waals surface area contributed by atoms with E-state index in [-0.39, 0.29) is 5.91 Å². The van der Waals surface area contributed by atoms with Crippen molar-refractivity contribution >= 4 is 45.0 Å². The number of aryl methyl sites for hydroxylation is 1. The molecule has 106 valence electrons. The first-order chi connectivity index (χ1) is 10.1. The minimum Gasteiger partial charge on any atom is -0.301 e. The van der Waals surface area contributed by atoms with Gasteiger partial charge in [0.1, 0.15) is 5.03 Å². The average Bonchev–Trinajstić information content (AvgIpc) is 2.85. The smallest absolute Gasteiger partial charge is 0.223 e. The highest BCUT2D eigenvalue weighted by Crippen LogP contribution is 2.32. The van der Waals surface area contributed by atoms with E-state index in [2.05, 4.69) is 33.5 Å². The molecule has 0 unspecified atom stereocenters. The van der Waals surface area contributed by atoms with Gasteiger partial charge >= 0.3 is 0 Å². The average molecular weight is 316 g/mol. The van der Waals surface area contributed by atoms with Crippen molar-refractivity contribution in [2.45, 2.75) is 23.2 Å². The number of nitrogens with zero attached hydrogens (tertiary/aromatic N) is 3. The first-order valence-corrected chi connectivity index (χ1v) is 7.90. The molecule has 7 heteroatoms. The maximum Gasteiger partial charge on any atom is 0.223 e. The van der Waals surface area contributed by atoms with E-state index in [1.807, 2.05) is 24.3 Å². The minimum absolute atomic E-state index is 0.151. The quantitative estimate of drug-likeness (QED) is 0.749. The number of carbonyl (C=O) groups is 1. The van der Waals surface area contributed by atoms with E-state index in [0.29, 0.717) is 5.13 Å². The molecule has 3 rings (SSSR count). The lowest BCUT2D eigenvalue weighted by atomic mass is 10.1. The van der Waals surface area contributed by atoms with Crippen molar-refractivity contribution in [1.82, 2.24) is 15.2 Å². The van der Waals surface area contributed by atoms with Crippen LogP contribution in [0.3, 0.4) is 0 Å². The second kappa shape index (κ2) is 5.79. The number of benzene rings is 1. The Kier molecular flexibility index (Phi) is 3.85. The van der Waals surface area contributed by atoms with Crippen LogP contribution in [0.15, 0.2) is 39.7 Å². The fraction of sp³-hybridized carbons (Fsp3) is 0.143. The van der Waals surface area contributed by atoms with Gasteiger partial charge in [-0.15, -0.1) is 10.2 Å². The molecule has 0 saturated carbocycles. The van der Waals surface area contributed by atoms with Crippen molar-refractivity contribution < 1.29 is 4.79 Å². The molecule has 0 aliphatic rings. The molecule has 21 heavy (non-hydrogen) atoms. The van der Waals surface area contributed by atoms with Crippen molar-refractivity contribution in [3.8, 4) is 0 Å². The molecule has 0 radical (unpaired) electrons. The van der Waals surface area contributed by atoms with Gasteiger partial charge in [0.25, 0.3) is 0 Å². The normalized spacial score (nSPS) is 10.8. The summed E-state index contributed by atoms with van der Waals surface area (Å²) in [6.07, 6.45) is 0. The van der Waals surface area contributed by atoms with Crippen LogP contribution >= 0.6 is 23.1 Å². The van der Waals surface area contributed by atoms with Gasteiger partial charge in [0, 0.05) is 12.3 Å². The number of anilines is 1. The summed E-state index contributed by atoms with van der Waals surface area (Å²) in [5.74, 6) is -0.151. The monoisotopic (exact) mass is 316 g/mol. The number of hydrogen-bond acceptors (Lipinski definition) is 6. The fourth-order valence-electron chi connectivity index (χ4n) is 1.91. The molecule has 1 N–H and O–H groups in total. The molecule has 0 aliphatic heterocycles. The molecule has 3 aromatic rings. The molecule has 0 aliphatic carbocycles. The highest BCUT2D eigenvalue weighted by molar-refractivity contribution is 8.01. The second-order valence-electron chi connectivity index (χ2n) is 4.45. The number of pyridine rings is 1. The highest BCUT2D eigenvalue weighted by Gasteiger charge is 2.09. The Balaban J connectivity index is 1.87. The topological polar surface area (TPSA) is 67.8 Å². The summed E-state index contributed by atoms with van der Waals surface area (Å²) in [7, 11) is 0. The van der Waals surface area contributed by atoms with Crippen molar-refractivity contribution in [1.29, 1.82) is 0 Å². The Hall–Kier alpha value is -1.99. The van der Waals surface area contributed by atoms with Gasteiger partial charge in [0.2, 0.25) is 11.0 Å². The van der Waals surface area contributed by atoms with Crippen LogP contribution in [0, 0.1) is 6.92 Å². The van der Waals surface area contributed by atoms with Gasteiger partial charge in [-0.1, -0.05) is 29.5 Å². The van der Waals surface area contributed by atoms with Crippen molar-refractivity contribution in [2.75, 3.05) is 5.32 Å². The number of para-hydroxylation sites is 1. The number of aromatic nitrogens is 3. The fourth-order valence-corrected chi connectivity index (χ4v) is 3.74. The molecule has 0 atom stereocenters. The van der Waals surface area contributed by atoms with E-state index in [9.17, 15) is 4.79 Å². The van der Waals surface area contributed by atoms with E-state index >= 15 is 0 Å². The van der Waals surface area contributed by atoms with E-state index in [1.54, 1.807) is 0 Å². The van der Waals surface area contributed by atoms with Gasteiger partial charge < -0.3 is 5.32 Å². The van der Waals surface area contributed by atoms with Crippen LogP contribution in [-0.2, 0) is 4.79 Å². The van der Waals surface area contributed by atoms with E-state index in [4.69, 9.17) is 0 Å². The zero-order chi connectivity index (χ0) is 14.8. The van der Waals surface area contributed by atoms with Gasteiger partial charge in [-0.25, -0.2) is 4.98 Å². The summed E-state index contributed by atoms with van der Waals surface area (Å²) < 4.78 is 0.751. The summed E-state index contributed by atoms with van der Waals surface area (Å²) in [4.78, 5) is 15.6. The predicted octanol–water partition coefficient (Wildman–Crippen LogP) is 3.50. The molecular formula is C14H12N4OS2. The Labute approximate surface area is 129 Å². The van der Waals surface area contributed by atoms with Gasteiger partial charge in [0.15, 0.2) is 4.34 Å². The number of carbonyl (C=O) groups excluding carboxylic acids is 1. The Bertz CT molecular complexity index is 816. The van der Waals surface area contributed by atoms with Crippen LogP contribution in [0.2, 0.25) is 0 Å². The molecule has 1 amide bonds. The van der Waals surface area contributed by atoms with Crippen LogP contribution in [0.4, 0.5) is 5.13 Å². The summed E-state index contributed by atoms with van der Waals surface area (Å²) in [6.45, 7) is 3.51. The van der Waals surface area contributed by atoms with Crippen molar-refractivity contribution in [3.05, 3.63) is 35.9 Å². The molecule has 2 aromatic heterocycles. The molecule has 0 fully saturated rings. The number of fused-ring (bicyclic) bond motifs is 1. The number of rotatable bonds is 3. The Morgan fingerprint density at radius 2 is 2.10 bits per heavy atom. The Morgan fingerprint density at radius 1 is 1.29 bits per heavy atom. The number of hydrogen-bond donors (Lipinski definition) is 1. The van der Waals surface area contributed by atoms with Gasteiger partial charge in [-0.2, -0.15) is 0 Å². The van der Waals surface area contributed by atoms with Crippen LogP contribution in [0.25, 0.3) is 10.9 Å². The first kappa shape index (κ1) is 14.0. The highest BCUT2D eigenvalue weighted by atomic mass is 32.2. The lowest BCUT2D eigenvalue weighted by molar-refractivity contribution is -0.114. The SMILES string of the molecule is CC(=O)Nc1nnc(Sc2cc(C)c3ccccc3n2)s1. The van der Waals surface area contributed by atoms with Crippen LogP contribution in [0.5, 0.6) is 0 Å². The largest absolute Gasteiger partial charge is 0.301 e. The van der Waals surface area contributed by atoms with E-state index in [0.717, 1.165) is 20.3 Å². The summed E-state index contributed by atoms with van der Waals surface area (Å²) in [5, 5.41) is 13.1. The van der Waals surface area contributed by atoms with Crippen molar-refractivity contribution in [2.24, 2.45) is 0 Å². The number of amides is 1. The zero-order valence-electron chi connectivity index (χ0n) is 11.5. The molecule has 0 bridgehead atoms. The van der Waals surface area contributed by atoms with Gasteiger partial charge in [0.05, 0.1) is 5.52 Å². The lowest BCUT2D eigenvalue weighted by Gasteiger charge is -2.04. The summed E-state index contributed by atoms with van der Waals surface area (Å²) >= 11 is 2.78. The standard InChI is InChI=1S/C14H12N4OS2/c1-8-7-12(16-11-6-4-3-5-10(8)11)20-14-18-17-13(21-14)15-9(2)19/h3-7H,1-2H3,(H,15,17,19). The molecular weight excluding hydrogens is 304 g/mol. The lowest BCUT2D eigenvalue weighted by Crippen LogP contribution is -2.04. The third kappa shape index (κ3) is 3.20. The third-order valence-electron chi connectivity index (χ3n) is 2.78. The van der Waals surface area contributed by atoms with Gasteiger partial charge in [-0.05, 0) is 36.4 Å². The molecule has 0 saturated heterocycles. The minimum atomic E-state index is -0.151. The van der Waals surface area contributed by atoms with Crippen LogP contribution in [0.1, 0.15) is 12.5 Å². The first-order valence-electron chi connectivity index (χ1n) is 6.27. The van der Waals surface area contributed by atoms with Crippen molar-refractivity contribution in [3.63, 3.8) is 0 Å². The maximum absolute atomic E-state index is 11.0. The molecule has 0 spiro atoms. The molecule has 5 nitrogen and oxygen atoms in total. The van der Waals surface area contributed by atoms with Crippen LogP contribution in [-0.4, -0.2) is 21.1 Å². The summed E-state index contributed by atoms with van der Waals surface area (Å²) in [6, 6.07) is 10.1. The zero-order valence-corrected chi connectivity index (χ0v) is 13.1. The Morgan fingerprint density at radius 3 is 2.90 bits per heavy atom. The maximum atomic E-state index is 11.0.